The summed E-state index contributed by atoms with van der Waals surface area (Å²) in [4.78, 5) is 8.90. The monoisotopic (exact) mass is 275 g/mol. The Bertz CT molecular complexity index is 426. The summed E-state index contributed by atoms with van der Waals surface area (Å²) in [6.45, 7) is 7.96. The van der Waals surface area contributed by atoms with Crippen molar-refractivity contribution in [1.29, 1.82) is 0 Å². The molecule has 0 radical (unpaired) electrons. The summed E-state index contributed by atoms with van der Waals surface area (Å²) < 4.78 is 0. The van der Waals surface area contributed by atoms with Crippen molar-refractivity contribution >= 4 is 5.82 Å². The van der Waals surface area contributed by atoms with Crippen LogP contribution in [0, 0.1) is 5.41 Å². The van der Waals surface area contributed by atoms with Gasteiger partial charge in [0.05, 0.1) is 0 Å². The number of aryl methyl sites for hydroxylation is 1. The quantitative estimate of drug-likeness (QED) is 0.751. The second-order valence-electron chi connectivity index (χ2n) is 6.83. The number of hydrogen-bond donors (Lipinski definition) is 1. The van der Waals surface area contributed by atoms with Gasteiger partial charge in [-0.25, -0.2) is 9.97 Å². The van der Waals surface area contributed by atoms with Crippen LogP contribution in [-0.2, 0) is 12.8 Å². The van der Waals surface area contributed by atoms with Crippen molar-refractivity contribution in [2.75, 3.05) is 11.9 Å². The Kier molecular flexibility index (Phi) is 5.38. The minimum absolute atomic E-state index is 0.335. The van der Waals surface area contributed by atoms with Gasteiger partial charge in [0.1, 0.15) is 12.1 Å². The van der Waals surface area contributed by atoms with Crippen molar-refractivity contribution in [3.63, 3.8) is 0 Å². The van der Waals surface area contributed by atoms with Gasteiger partial charge in [0.25, 0.3) is 0 Å². The Labute approximate surface area is 123 Å². The number of nitrogens with one attached hydrogen (secondary N) is 1. The molecular weight excluding hydrogens is 246 g/mol. The second kappa shape index (κ2) is 7.05. The van der Waals surface area contributed by atoms with E-state index in [-0.39, 0.29) is 0 Å². The van der Waals surface area contributed by atoms with Gasteiger partial charge in [-0.15, -0.1) is 0 Å². The molecule has 3 nitrogen and oxygen atoms in total. The second-order valence-corrected chi connectivity index (χ2v) is 6.83. The van der Waals surface area contributed by atoms with E-state index in [0.29, 0.717) is 5.41 Å². The first-order valence-corrected chi connectivity index (χ1v) is 8.19. The van der Waals surface area contributed by atoms with Gasteiger partial charge in [0, 0.05) is 17.8 Å². The molecule has 0 fully saturated rings. The number of aromatic nitrogens is 2. The first kappa shape index (κ1) is 15.3. The van der Waals surface area contributed by atoms with Crippen LogP contribution in [0.4, 0.5) is 5.82 Å². The molecule has 0 aliphatic heterocycles. The number of anilines is 1. The van der Waals surface area contributed by atoms with Gasteiger partial charge >= 0.3 is 0 Å². The number of nitrogens with zero attached hydrogens (tertiary/aromatic N) is 2. The van der Waals surface area contributed by atoms with Crippen LogP contribution < -0.4 is 5.32 Å². The molecule has 0 unspecified atom stereocenters. The average molecular weight is 275 g/mol. The molecule has 0 aromatic carbocycles. The Hall–Kier alpha value is -1.12. The lowest BCUT2D eigenvalue weighted by atomic mass is 9.86. The predicted molar refractivity (Wildman–Crippen MR) is 85.1 cm³/mol. The molecule has 0 spiro atoms. The van der Waals surface area contributed by atoms with Crippen LogP contribution in [0.25, 0.3) is 0 Å². The van der Waals surface area contributed by atoms with Crippen LogP contribution in [0.2, 0.25) is 0 Å². The highest BCUT2D eigenvalue weighted by Crippen LogP contribution is 2.27. The Morgan fingerprint density at radius 3 is 2.75 bits per heavy atom. The predicted octanol–water partition coefficient (Wildman–Crippen LogP) is 4.37. The molecule has 0 amide bonds. The first-order chi connectivity index (χ1) is 9.62. The van der Waals surface area contributed by atoms with Crippen molar-refractivity contribution in [3.8, 4) is 0 Å². The molecule has 0 saturated heterocycles. The molecule has 1 N–H and O–H groups in total. The van der Waals surface area contributed by atoms with E-state index in [2.05, 4.69) is 36.1 Å². The standard InChI is InChI=1S/C17H29N3/c1-4-5-8-11-17(2,3)12-18-16-14-9-6-7-10-15(14)19-13-20-16/h13H,4-12H2,1-3H3,(H,18,19,20). The van der Waals surface area contributed by atoms with Crippen molar-refractivity contribution in [3.05, 3.63) is 17.6 Å². The Morgan fingerprint density at radius 1 is 1.15 bits per heavy atom. The lowest BCUT2D eigenvalue weighted by Crippen LogP contribution is -2.24. The molecule has 1 aromatic heterocycles. The summed E-state index contributed by atoms with van der Waals surface area (Å²) in [5.41, 5.74) is 2.96. The molecule has 20 heavy (non-hydrogen) atoms. The van der Waals surface area contributed by atoms with E-state index >= 15 is 0 Å². The van der Waals surface area contributed by atoms with E-state index in [1.54, 1.807) is 6.33 Å². The molecule has 3 heteroatoms. The Balaban J connectivity index is 1.93. The fraction of sp³-hybridized carbons (Fsp3) is 0.765. The zero-order valence-corrected chi connectivity index (χ0v) is 13.3. The minimum atomic E-state index is 0.335. The summed E-state index contributed by atoms with van der Waals surface area (Å²) >= 11 is 0. The van der Waals surface area contributed by atoms with E-state index in [1.807, 2.05) is 0 Å². The number of fused-ring (bicyclic) bond motifs is 1. The van der Waals surface area contributed by atoms with E-state index < -0.39 is 0 Å². The van der Waals surface area contributed by atoms with Crippen LogP contribution >= 0.6 is 0 Å². The molecular formula is C17H29N3. The van der Waals surface area contributed by atoms with Gasteiger partial charge in [-0.1, -0.05) is 40.0 Å². The van der Waals surface area contributed by atoms with Crippen molar-refractivity contribution in [2.24, 2.45) is 5.41 Å². The maximum Gasteiger partial charge on any atom is 0.132 e. The third-order valence-electron chi connectivity index (χ3n) is 4.32. The summed E-state index contributed by atoms with van der Waals surface area (Å²) in [6, 6.07) is 0. The fourth-order valence-corrected chi connectivity index (χ4v) is 2.94. The van der Waals surface area contributed by atoms with Crippen molar-refractivity contribution < 1.29 is 0 Å². The highest BCUT2D eigenvalue weighted by molar-refractivity contribution is 5.47. The zero-order chi connectivity index (χ0) is 14.4. The number of hydrogen-bond acceptors (Lipinski definition) is 3. The van der Waals surface area contributed by atoms with Crippen LogP contribution in [0.5, 0.6) is 0 Å². The van der Waals surface area contributed by atoms with E-state index in [4.69, 9.17) is 0 Å². The number of rotatable bonds is 7. The molecule has 1 heterocycles. The highest BCUT2D eigenvalue weighted by atomic mass is 15.0. The van der Waals surface area contributed by atoms with Crippen LogP contribution in [0.15, 0.2) is 6.33 Å². The lowest BCUT2D eigenvalue weighted by Gasteiger charge is -2.26. The molecule has 112 valence electrons. The molecule has 1 aliphatic carbocycles. The third kappa shape index (κ3) is 4.19. The first-order valence-electron chi connectivity index (χ1n) is 8.19. The molecule has 0 saturated carbocycles. The average Bonchev–Trinajstić information content (AvgIpc) is 2.45. The van der Waals surface area contributed by atoms with Gasteiger partial charge in [-0.05, 0) is 37.5 Å². The largest absolute Gasteiger partial charge is 0.369 e. The van der Waals surface area contributed by atoms with E-state index in [9.17, 15) is 0 Å². The summed E-state index contributed by atoms with van der Waals surface area (Å²) in [7, 11) is 0. The summed E-state index contributed by atoms with van der Waals surface area (Å²) in [5, 5.41) is 3.59. The zero-order valence-electron chi connectivity index (χ0n) is 13.3. The van der Waals surface area contributed by atoms with Gasteiger partial charge in [0.2, 0.25) is 0 Å². The van der Waals surface area contributed by atoms with E-state index in [1.165, 1.54) is 49.8 Å². The molecule has 1 aromatic rings. The van der Waals surface area contributed by atoms with Crippen molar-refractivity contribution in [1.82, 2.24) is 9.97 Å². The highest BCUT2D eigenvalue weighted by Gasteiger charge is 2.20. The summed E-state index contributed by atoms with van der Waals surface area (Å²) in [5.74, 6) is 1.08. The van der Waals surface area contributed by atoms with Crippen LogP contribution in [0.3, 0.4) is 0 Å². The van der Waals surface area contributed by atoms with Gasteiger partial charge in [-0.3, -0.25) is 0 Å². The molecule has 1 aliphatic rings. The lowest BCUT2D eigenvalue weighted by molar-refractivity contribution is 0.342. The number of unbranched alkanes of at least 4 members (excludes halogenated alkanes) is 2. The maximum absolute atomic E-state index is 4.47. The minimum Gasteiger partial charge on any atom is -0.369 e. The SMILES string of the molecule is CCCCCC(C)(C)CNc1ncnc2c1CCCC2. The Morgan fingerprint density at radius 2 is 1.95 bits per heavy atom. The maximum atomic E-state index is 4.47. The fourth-order valence-electron chi connectivity index (χ4n) is 2.94. The third-order valence-corrected chi connectivity index (χ3v) is 4.32. The topological polar surface area (TPSA) is 37.8 Å². The summed E-state index contributed by atoms with van der Waals surface area (Å²) in [6.07, 6.45) is 11.8. The van der Waals surface area contributed by atoms with Crippen molar-refractivity contribution in [2.45, 2.75) is 72.1 Å². The van der Waals surface area contributed by atoms with Gasteiger partial charge in [-0.2, -0.15) is 0 Å². The molecule has 0 bridgehead atoms. The molecule has 0 atom stereocenters. The van der Waals surface area contributed by atoms with Gasteiger partial charge in [0.15, 0.2) is 0 Å². The normalized spacial score (nSPS) is 14.9. The molecule has 2 rings (SSSR count). The smallest absolute Gasteiger partial charge is 0.132 e. The van der Waals surface area contributed by atoms with Crippen LogP contribution in [-0.4, -0.2) is 16.5 Å². The van der Waals surface area contributed by atoms with Gasteiger partial charge < -0.3 is 5.32 Å². The van der Waals surface area contributed by atoms with Crippen LogP contribution in [0.1, 0.15) is 70.6 Å². The van der Waals surface area contributed by atoms with E-state index in [0.717, 1.165) is 25.2 Å².